The molecule has 2 saturated heterocycles. The predicted molar refractivity (Wildman–Crippen MR) is 133 cm³/mol. The van der Waals surface area contributed by atoms with Gasteiger partial charge in [-0.3, -0.25) is 9.37 Å². The summed E-state index contributed by atoms with van der Waals surface area (Å²) in [7, 11) is 2.21. The summed E-state index contributed by atoms with van der Waals surface area (Å²) in [6.07, 6.45) is 5.69. The van der Waals surface area contributed by atoms with E-state index in [1.165, 1.54) is 12.0 Å². The molecular formula is C28H33F4N3O2Yb. The van der Waals surface area contributed by atoms with E-state index in [-0.39, 0.29) is 52.8 Å². The Balaban J connectivity index is 0.000000309. The molecule has 1 aromatic heterocycles. The van der Waals surface area contributed by atoms with Gasteiger partial charge in [-0.05, 0) is 55.5 Å². The van der Waals surface area contributed by atoms with Gasteiger partial charge in [0.1, 0.15) is 0 Å². The van der Waals surface area contributed by atoms with Crippen molar-refractivity contribution in [3.8, 4) is 0 Å². The van der Waals surface area contributed by atoms with Crippen molar-refractivity contribution < 1.29 is 74.1 Å². The molecule has 0 saturated carbocycles. The van der Waals surface area contributed by atoms with Crippen molar-refractivity contribution in [1.29, 1.82) is 0 Å². The first-order valence-corrected chi connectivity index (χ1v) is 12.4. The molecular weight excluding hydrogens is 659 g/mol. The van der Waals surface area contributed by atoms with Gasteiger partial charge >= 0.3 is 53.1 Å². The Bertz CT molecular complexity index is 1060. The number of benzene rings is 1. The minimum Gasteiger partial charge on any atom is -0.376 e. The topological polar surface area (TPSA) is 53.5 Å². The average molecular weight is 693 g/mol. The van der Waals surface area contributed by atoms with Crippen LogP contribution in [0.4, 0.5) is 17.6 Å². The van der Waals surface area contributed by atoms with Gasteiger partial charge in [0, 0.05) is 43.8 Å². The Labute approximate surface area is 260 Å². The van der Waals surface area contributed by atoms with Crippen molar-refractivity contribution in [3.05, 3.63) is 71.7 Å². The van der Waals surface area contributed by atoms with Crippen LogP contribution in [-0.4, -0.2) is 60.2 Å². The molecule has 2 aliphatic rings. The van der Waals surface area contributed by atoms with Crippen LogP contribution < -0.4 is 0 Å². The zero-order valence-electron chi connectivity index (χ0n) is 21.7. The number of carbonyl (C=O) groups excluding carboxylic acids is 2. The number of piperidine rings is 2. The average Bonchev–Trinajstić information content (AvgIpc) is 2.86. The van der Waals surface area contributed by atoms with Gasteiger partial charge in [0.15, 0.2) is 0 Å². The maximum absolute atomic E-state index is 12.5. The van der Waals surface area contributed by atoms with Crippen molar-refractivity contribution in [1.82, 2.24) is 14.8 Å². The molecule has 0 bridgehead atoms. The summed E-state index contributed by atoms with van der Waals surface area (Å²) >= 11 is 0. The van der Waals surface area contributed by atoms with Crippen LogP contribution in [0.2, 0.25) is 0 Å². The van der Waals surface area contributed by atoms with Gasteiger partial charge in [0.2, 0.25) is 0 Å². The molecule has 0 aliphatic carbocycles. The fourth-order valence-corrected chi connectivity index (χ4v) is 5.17. The number of halogens is 4. The third-order valence-electron chi connectivity index (χ3n) is 7.26. The summed E-state index contributed by atoms with van der Waals surface area (Å²) in [6.45, 7) is 8.17. The summed E-state index contributed by atoms with van der Waals surface area (Å²) < 4.78 is 48.5. The van der Waals surface area contributed by atoms with E-state index < -0.39 is 23.1 Å². The number of hydrogen-bond acceptors (Lipinski definition) is 4. The molecule has 1 atom stereocenters. The second-order valence-corrected chi connectivity index (χ2v) is 10.2. The molecule has 1 amide bonds. The number of alkyl halides is 3. The molecule has 2 fully saturated rings. The largest absolute Gasteiger partial charge is 2.00 e. The second kappa shape index (κ2) is 14.3. The van der Waals surface area contributed by atoms with E-state index in [2.05, 4.69) is 36.8 Å². The zero-order valence-corrected chi connectivity index (χ0v) is 23.4. The minimum absolute atomic E-state index is 0. The van der Waals surface area contributed by atoms with E-state index in [0.717, 1.165) is 45.3 Å². The number of nitrogens with zero attached hydrogens (tertiary/aromatic N) is 3. The number of rotatable bonds is 4. The van der Waals surface area contributed by atoms with Gasteiger partial charge in [-0.2, -0.15) is 19.1 Å². The number of pyridine rings is 1. The number of likely N-dealkylation sites (tertiary alicyclic amines) is 2. The first-order chi connectivity index (χ1) is 17.4. The molecule has 1 spiro atoms. The Morgan fingerprint density at radius 2 is 1.82 bits per heavy atom. The van der Waals surface area contributed by atoms with Crippen LogP contribution >= 0.6 is 0 Å². The molecule has 2 aromatic rings. The van der Waals surface area contributed by atoms with Gasteiger partial charge in [-0.15, -0.1) is 11.6 Å². The fourth-order valence-electron chi connectivity index (χ4n) is 5.17. The molecule has 3 heterocycles. The summed E-state index contributed by atoms with van der Waals surface area (Å²) in [5.74, 6) is 0.0462. The Morgan fingerprint density at radius 3 is 2.37 bits per heavy atom. The number of carbonyl (C=O) groups is 1. The maximum atomic E-state index is 12.5. The van der Waals surface area contributed by atoms with Crippen molar-refractivity contribution in [2.45, 2.75) is 45.2 Å². The molecule has 0 radical (unpaired) electrons. The SMILES string of the molecule is CC(C)[CH-]C(=O)N1CCC2(CCN(C)CC2c2cccnc2)CC1.O=[C-]c1cc(C(F)(F)F)ccc1F.[Yb+2]. The third kappa shape index (κ3) is 8.54. The van der Waals surface area contributed by atoms with E-state index in [1.807, 2.05) is 29.8 Å². The van der Waals surface area contributed by atoms with Crippen LogP contribution in [0, 0.1) is 70.5 Å². The number of likely N-dealkylation sites (N-methyl/N-ethyl adjacent to an activating group) is 1. The molecule has 1 aromatic carbocycles. The Hall–Kier alpha value is -1.42. The molecule has 38 heavy (non-hydrogen) atoms. The Morgan fingerprint density at radius 1 is 1.16 bits per heavy atom. The van der Waals surface area contributed by atoms with Crippen LogP contribution in [0.5, 0.6) is 0 Å². The van der Waals surface area contributed by atoms with Crippen LogP contribution in [0.3, 0.4) is 0 Å². The van der Waals surface area contributed by atoms with Crippen LogP contribution in [0.15, 0.2) is 42.7 Å². The van der Waals surface area contributed by atoms with Gasteiger partial charge in [0.05, 0.1) is 12.2 Å². The monoisotopic (exact) mass is 693 g/mol. The second-order valence-electron chi connectivity index (χ2n) is 10.2. The molecule has 2 aliphatic heterocycles. The molecule has 4 rings (SSSR count). The van der Waals surface area contributed by atoms with E-state index in [0.29, 0.717) is 35.4 Å². The predicted octanol–water partition coefficient (Wildman–Crippen LogP) is 5.27. The van der Waals surface area contributed by atoms with E-state index >= 15 is 0 Å². The smallest absolute Gasteiger partial charge is 0.376 e. The van der Waals surface area contributed by atoms with Crippen LogP contribution in [0.1, 0.15) is 55.7 Å². The number of hydrogen-bond donors (Lipinski definition) is 0. The van der Waals surface area contributed by atoms with E-state index in [4.69, 9.17) is 0 Å². The first kappa shape index (κ1) is 32.8. The van der Waals surface area contributed by atoms with Gasteiger partial charge in [-0.25, -0.2) is 0 Å². The van der Waals surface area contributed by atoms with E-state index in [9.17, 15) is 27.2 Å². The van der Waals surface area contributed by atoms with Crippen molar-refractivity contribution >= 4 is 12.2 Å². The van der Waals surface area contributed by atoms with Gasteiger partial charge in [0.25, 0.3) is 0 Å². The van der Waals surface area contributed by atoms with Crippen molar-refractivity contribution in [3.63, 3.8) is 0 Å². The summed E-state index contributed by atoms with van der Waals surface area (Å²) in [5.41, 5.74) is -0.0934. The summed E-state index contributed by atoms with van der Waals surface area (Å²) in [4.78, 5) is 31.1. The Kier molecular flexibility index (Phi) is 12.3. The van der Waals surface area contributed by atoms with Crippen molar-refractivity contribution in [2.24, 2.45) is 11.3 Å². The molecule has 10 heteroatoms. The molecule has 0 N–H and O–H groups in total. The van der Waals surface area contributed by atoms with E-state index in [1.54, 1.807) is 0 Å². The third-order valence-corrected chi connectivity index (χ3v) is 7.26. The van der Waals surface area contributed by atoms with Crippen LogP contribution in [0.25, 0.3) is 0 Å². The maximum Gasteiger partial charge on any atom is 2.00 e. The molecule has 1 unspecified atom stereocenters. The van der Waals surface area contributed by atoms with Crippen molar-refractivity contribution in [2.75, 3.05) is 33.2 Å². The van der Waals surface area contributed by atoms with Gasteiger partial charge in [-0.1, -0.05) is 32.0 Å². The summed E-state index contributed by atoms with van der Waals surface area (Å²) in [6, 6.07) is 5.85. The summed E-state index contributed by atoms with van der Waals surface area (Å²) in [5, 5.41) is 0. The fraction of sp³-hybridized carbons (Fsp3) is 0.500. The minimum atomic E-state index is -4.57. The normalized spacial score (nSPS) is 19.3. The van der Waals surface area contributed by atoms with Gasteiger partial charge < -0.3 is 25.8 Å². The quantitative estimate of drug-likeness (QED) is 0.324. The zero-order chi connectivity index (χ0) is 27.2. The molecule has 214 valence electrons. The first-order valence-electron chi connectivity index (χ1n) is 12.4. The standard InChI is InChI=1S/C20H30N3O.C8H3F4O.Yb/c1-16(2)13-19(24)23-11-7-20(8-12-23)6-10-22(3)15-18(20)17-5-4-9-21-14-17;9-7-2-1-6(8(10,11)12)3-5(7)4-13;/h4-5,9,13-14,16,18H,6-8,10-12,15H2,1-3H3;1-3H;/q2*-1;+2. The molecule has 5 nitrogen and oxygen atoms in total. The van der Waals surface area contributed by atoms with Crippen LogP contribution in [-0.2, 0) is 15.8 Å². The number of amides is 1. The number of aromatic nitrogens is 1.